The molecule has 58 valence electrons. The maximum absolute atomic E-state index is 10.4. The van der Waals surface area contributed by atoms with Crippen LogP contribution in [0.4, 0.5) is 0 Å². The average molecular weight is 161 g/mol. The second-order valence-electron chi connectivity index (χ2n) is 2.54. The molecule has 4 heteroatoms. The monoisotopic (exact) mass is 161 g/mol. The molecule has 0 amide bonds. The van der Waals surface area contributed by atoms with Gasteiger partial charge in [0.25, 0.3) is 0 Å². The quantitative estimate of drug-likeness (QED) is 0.486. The number of aliphatic carboxylic acids is 1. The number of carboxylic acids is 1. The molecule has 2 N–H and O–H groups in total. The van der Waals surface area contributed by atoms with Crippen LogP contribution in [0.3, 0.4) is 0 Å². The van der Waals surface area contributed by atoms with Crippen LogP contribution in [-0.2, 0) is 4.79 Å². The summed E-state index contributed by atoms with van der Waals surface area (Å²) in [4.78, 5) is 10.4. The third-order valence-electron chi connectivity index (χ3n) is 1.74. The van der Waals surface area contributed by atoms with Crippen molar-refractivity contribution in [3.63, 3.8) is 0 Å². The summed E-state index contributed by atoms with van der Waals surface area (Å²) in [5.74, 6) is -0.906. The molecular formula is C6H11NO2S. The highest BCUT2D eigenvalue weighted by atomic mass is 32.1. The molecule has 10 heavy (non-hydrogen) atoms. The van der Waals surface area contributed by atoms with Gasteiger partial charge in [0, 0.05) is 6.54 Å². The first-order chi connectivity index (χ1) is 4.70. The smallest absolute Gasteiger partial charge is 0.307 e. The van der Waals surface area contributed by atoms with Gasteiger partial charge in [-0.3, -0.25) is 4.79 Å². The summed E-state index contributed by atoms with van der Waals surface area (Å²) in [7, 11) is 0. The van der Waals surface area contributed by atoms with Crippen LogP contribution in [0.25, 0.3) is 0 Å². The summed E-state index contributed by atoms with van der Waals surface area (Å²) in [6.45, 7) is 0.559. The lowest BCUT2D eigenvalue weighted by Crippen LogP contribution is -2.38. The molecule has 1 heterocycles. The Bertz CT molecular complexity index is 132. The highest BCUT2D eigenvalue weighted by molar-refractivity contribution is 7.80. The molecule has 1 fully saturated rings. The zero-order valence-corrected chi connectivity index (χ0v) is 6.47. The molecule has 0 spiro atoms. The third-order valence-corrected chi connectivity index (χ3v) is 2.18. The molecule has 0 aromatic heterocycles. The van der Waals surface area contributed by atoms with Crippen molar-refractivity contribution in [3.8, 4) is 0 Å². The van der Waals surface area contributed by atoms with E-state index in [1.54, 1.807) is 0 Å². The second kappa shape index (κ2) is 3.25. The van der Waals surface area contributed by atoms with Gasteiger partial charge in [-0.15, -0.1) is 0 Å². The first-order valence-corrected chi connectivity index (χ1v) is 3.86. The minimum atomic E-state index is -0.701. The van der Waals surface area contributed by atoms with Crippen molar-refractivity contribution in [2.24, 2.45) is 5.92 Å². The molecular weight excluding hydrogens is 150 g/mol. The summed E-state index contributed by atoms with van der Waals surface area (Å²) in [5, 5.41) is 11.7. The molecule has 2 unspecified atom stereocenters. The first-order valence-electron chi connectivity index (χ1n) is 3.34. The van der Waals surface area contributed by atoms with Crippen LogP contribution in [-0.4, -0.2) is 23.0 Å². The fraction of sp³-hybridized carbons (Fsp3) is 0.833. The molecule has 0 aliphatic carbocycles. The SMILES string of the molecule is O=C(O)C1CCC(S)NC1. The van der Waals surface area contributed by atoms with Crippen molar-refractivity contribution in [3.05, 3.63) is 0 Å². The molecule has 1 rings (SSSR count). The third kappa shape index (κ3) is 1.88. The second-order valence-corrected chi connectivity index (χ2v) is 3.16. The van der Waals surface area contributed by atoms with E-state index in [9.17, 15) is 4.79 Å². The maximum atomic E-state index is 10.4. The van der Waals surface area contributed by atoms with Gasteiger partial charge in [0.05, 0.1) is 11.3 Å². The lowest BCUT2D eigenvalue weighted by molar-refractivity contribution is -0.142. The molecule has 2 atom stereocenters. The van der Waals surface area contributed by atoms with Gasteiger partial charge >= 0.3 is 5.97 Å². The van der Waals surface area contributed by atoms with Crippen molar-refractivity contribution in [2.45, 2.75) is 18.2 Å². The Morgan fingerprint density at radius 2 is 2.30 bits per heavy atom. The molecule has 0 radical (unpaired) electrons. The normalized spacial score (nSPS) is 33.7. The predicted octanol–water partition coefficient (Wildman–Crippen LogP) is 0.326. The fourth-order valence-corrected chi connectivity index (χ4v) is 1.31. The van der Waals surface area contributed by atoms with E-state index in [2.05, 4.69) is 17.9 Å². The number of piperidine rings is 1. The molecule has 0 bridgehead atoms. The number of thiol groups is 1. The zero-order valence-electron chi connectivity index (χ0n) is 5.58. The number of hydrogen-bond acceptors (Lipinski definition) is 3. The summed E-state index contributed by atoms with van der Waals surface area (Å²) in [5.41, 5.74) is 0. The minimum absolute atomic E-state index is 0.190. The van der Waals surface area contributed by atoms with Gasteiger partial charge in [-0.2, -0.15) is 12.6 Å². The molecule has 3 nitrogen and oxygen atoms in total. The van der Waals surface area contributed by atoms with Gasteiger partial charge in [-0.1, -0.05) is 0 Å². The summed E-state index contributed by atoms with van der Waals surface area (Å²) < 4.78 is 0. The van der Waals surface area contributed by atoms with E-state index >= 15 is 0 Å². The van der Waals surface area contributed by atoms with Gasteiger partial charge in [-0.25, -0.2) is 0 Å². The number of nitrogens with one attached hydrogen (secondary N) is 1. The van der Waals surface area contributed by atoms with Crippen molar-refractivity contribution < 1.29 is 9.90 Å². The van der Waals surface area contributed by atoms with E-state index in [0.717, 1.165) is 12.8 Å². The van der Waals surface area contributed by atoms with Gasteiger partial charge < -0.3 is 10.4 Å². The molecule has 0 aromatic rings. The topological polar surface area (TPSA) is 49.3 Å². The van der Waals surface area contributed by atoms with Crippen LogP contribution < -0.4 is 5.32 Å². The first kappa shape index (κ1) is 7.88. The Morgan fingerprint density at radius 1 is 1.60 bits per heavy atom. The van der Waals surface area contributed by atoms with Crippen LogP contribution in [0.5, 0.6) is 0 Å². The fourth-order valence-electron chi connectivity index (χ4n) is 1.05. The zero-order chi connectivity index (χ0) is 7.56. The predicted molar refractivity (Wildman–Crippen MR) is 41.1 cm³/mol. The van der Waals surface area contributed by atoms with E-state index in [1.165, 1.54) is 0 Å². The number of rotatable bonds is 1. The van der Waals surface area contributed by atoms with E-state index in [0.29, 0.717) is 6.54 Å². The largest absolute Gasteiger partial charge is 0.481 e. The number of hydrogen-bond donors (Lipinski definition) is 3. The number of carboxylic acid groups (broad SMARTS) is 1. The van der Waals surface area contributed by atoms with Crippen molar-refractivity contribution in [1.29, 1.82) is 0 Å². The van der Waals surface area contributed by atoms with Crippen molar-refractivity contribution in [1.82, 2.24) is 5.32 Å². The van der Waals surface area contributed by atoms with Gasteiger partial charge in [0.15, 0.2) is 0 Å². The van der Waals surface area contributed by atoms with E-state index < -0.39 is 5.97 Å². The summed E-state index contributed by atoms with van der Waals surface area (Å²) in [6, 6.07) is 0. The van der Waals surface area contributed by atoms with Crippen molar-refractivity contribution >= 4 is 18.6 Å². The average Bonchev–Trinajstić information content (AvgIpc) is 1.88. The van der Waals surface area contributed by atoms with Crippen LogP contribution in [0.2, 0.25) is 0 Å². The molecule has 1 saturated heterocycles. The molecule has 1 aliphatic heterocycles. The standard InChI is InChI=1S/C6H11NO2S/c8-6(9)4-1-2-5(10)7-3-4/h4-5,7,10H,1-3H2,(H,8,9). The van der Waals surface area contributed by atoms with Crippen LogP contribution >= 0.6 is 12.6 Å². The number of carbonyl (C=O) groups is 1. The van der Waals surface area contributed by atoms with Crippen LogP contribution in [0.1, 0.15) is 12.8 Å². The van der Waals surface area contributed by atoms with Crippen LogP contribution in [0.15, 0.2) is 0 Å². The highest BCUT2D eigenvalue weighted by Crippen LogP contribution is 2.15. The van der Waals surface area contributed by atoms with Gasteiger partial charge in [0.2, 0.25) is 0 Å². The van der Waals surface area contributed by atoms with Crippen molar-refractivity contribution in [2.75, 3.05) is 6.54 Å². The van der Waals surface area contributed by atoms with Crippen LogP contribution in [0, 0.1) is 5.92 Å². The van der Waals surface area contributed by atoms with Gasteiger partial charge in [0.1, 0.15) is 0 Å². The maximum Gasteiger partial charge on any atom is 0.307 e. The summed E-state index contributed by atoms with van der Waals surface area (Å²) >= 11 is 4.17. The van der Waals surface area contributed by atoms with E-state index in [-0.39, 0.29) is 11.3 Å². The Kier molecular flexibility index (Phi) is 2.56. The Labute approximate surface area is 65.2 Å². The highest BCUT2D eigenvalue weighted by Gasteiger charge is 2.23. The Balaban J connectivity index is 2.33. The van der Waals surface area contributed by atoms with Gasteiger partial charge in [-0.05, 0) is 12.8 Å². The van der Waals surface area contributed by atoms with E-state index in [1.807, 2.05) is 0 Å². The molecule has 1 aliphatic rings. The lowest BCUT2D eigenvalue weighted by Gasteiger charge is -2.23. The minimum Gasteiger partial charge on any atom is -0.481 e. The Morgan fingerprint density at radius 3 is 2.70 bits per heavy atom. The Hall–Kier alpha value is -0.220. The summed E-state index contributed by atoms with van der Waals surface area (Å²) in [6.07, 6.45) is 1.59. The lowest BCUT2D eigenvalue weighted by atomic mass is 10.0. The van der Waals surface area contributed by atoms with E-state index in [4.69, 9.17) is 5.11 Å². The molecule has 0 saturated carbocycles. The molecule has 0 aromatic carbocycles.